The number of thioether (sulfide) groups is 1. The van der Waals surface area contributed by atoms with Crippen molar-refractivity contribution >= 4 is 52.5 Å². The Morgan fingerprint density at radius 2 is 1.55 bits per heavy atom. The monoisotopic (exact) mass is 641 g/mol. The van der Waals surface area contributed by atoms with Crippen molar-refractivity contribution in [2.75, 3.05) is 5.75 Å². The summed E-state index contributed by atoms with van der Waals surface area (Å²) < 4.78 is 11.0. The Kier molecular flexibility index (Phi) is 10.5. The number of hydrogen-bond donors (Lipinski definition) is 2. The number of ether oxygens (including phenoxy) is 2. The molecule has 5 nitrogen and oxygen atoms in total. The van der Waals surface area contributed by atoms with Crippen molar-refractivity contribution in [3.8, 4) is 11.1 Å². The van der Waals surface area contributed by atoms with Crippen molar-refractivity contribution in [2.45, 2.75) is 46.8 Å². The third-order valence-electron chi connectivity index (χ3n) is 6.95. The highest BCUT2D eigenvalue weighted by molar-refractivity contribution is 7.99. The van der Waals surface area contributed by atoms with E-state index in [1.807, 2.05) is 91.0 Å². The zero-order chi connectivity index (χ0) is 29.5. The normalized spacial score (nSPS) is 18.9. The van der Waals surface area contributed by atoms with Crippen LogP contribution in [-0.4, -0.2) is 26.7 Å². The maximum absolute atomic E-state index is 11.9. The molecule has 9 heteroatoms. The summed E-state index contributed by atoms with van der Waals surface area (Å²) in [5.74, 6) is 0.132. The van der Waals surface area contributed by atoms with Crippen molar-refractivity contribution in [3.63, 3.8) is 0 Å². The number of rotatable bonds is 9. The maximum Gasteiger partial charge on any atom is 0.272 e. The molecule has 0 unspecified atom stereocenters. The number of nitrogens with one attached hydrogen (secondary N) is 1. The fourth-order valence-corrected chi connectivity index (χ4v) is 5.85. The topological polar surface area (TPSA) is 67.8 Å². The highest BCUT2D eigenvalue weighted by Gasteiger charge is 2.32. The van der Waals surface area contributed by atoms with Gasteiger partial charge in [0.25, 0.3) is 9.70 Å². The molecule has 0 bridgehead atoms. The summed E-state index contributed by atoms with van der Waals surface area (Å²) >= 11 is 18.7. The molecule has 0 saturated carbocycles. The number of alkyl halides is 3. The fraction of sp³-hybridized carbons (Fsp3) is 0.242. The van der Waals surface area contributed by atoms with E-state index in [9.17, 15) is 9.90 Å². The second-order valence-corrected chi connectivity index (χ2v) is 13.4. The largest absolute Gasteiger partial charge is 0.392 e. The number of hydrogen-bond acceptors (Lipinski definition) is 5. The third kappa shape index (κ3) is 8.29. The summed E-state index contributed by atoms with van der Waals surface area (Å²) in [4.78, 5) is 13.1. The molecule has 0 aromatic heterocycles. The van der Waals surface area contributed by atoms with Crippen molar-refractivity contribution in [1.82, 2.24) is 5.32 Å². The molecule has 5 rings (SSSR count). The minimum absolute atomic E-state index is 0.00668. The summed E-state index contributed by atoms with van der Waals surface area (Å²) in [7, 11) is 0. The summed E-state index contributed by atoms with van der Waals surface area (Å²) in [6, 6.07) is 34.2. The van der Waals surface area contributed by atoms with E-state index in [-0.39, 0.29) is 25.4 Å². The molecule has 4 aromatic rings. The second kappa shape index (κ2) is 14.3. The minimum atomic E-state index is -2.00. The van der Waals surface area contributed by atoms with Crippen molar-refractivity contribution in [2.24, 2.45) is 0 Å². The van der Waals surface area contributed by atoms with Gasteiger partial charge >= 0.3 is 0 Å². The molecule has 0 aliphatic carbocycles. The van der Waals surface area contributed by atoms with Gasteiger partial charge in [0.05, 0.1) is 18.8 Å². The Hall–Kier alpha value is -2.55. The van der Waals surface area contributed by atoms with Crippen LogP contribution >= 0.6 is 46.6 Å². The number of amides is 1. The van der Waals surface area contributed by atoms with E-state index >= 15 is 0 Å². The summed E-state index contributed by atoms with van der Waals surface area (Å²) in [5, 5.41) is 12.1. The average Bonchev–Trinajstić information content (AvgIpc) is 3.03. The summed E-state index contributed by atoms with van der Waals surface area (Å²) in [6.45, 7) is 0.248. The van der Waals surface area contributed by atoms with Crippen LogP contribution in [-0.2, 0) is 27.4 Å². The molecular formula is C33H30Cl3NO4S. The van der Waals surface area contributed by atoms with Gasteiger partial charge in [-0.3, -0.25) is 4.79 Å². The first-order valence-electron chi connectivity index (χ1n) is 13.5. The molecule has 1 heterocycles. The van der Waals surface area contributed by atoms with Crippen LogP contribution < -0.4 is 5.32 Å². The molecule has 0 spiro atoms. The number of aliphatic hydroxyl groups is 1. The second-order valence-electron chi connectivity index (χ2n) is 9.98. The lowest BCUT2D eigenvalue weighted by Crippen LogP contribution is -2.33. The predicted octanol–water partition coefficient (Wildman–Crippen LogP) is 8.17. The van der Waals surface area contributed by atoms with Crippen LogP contribution in [0.15, 0.2) is 108 Å². The van der Waals surface area contributed by atoms with Gasteiger partial charge in [-0.05, 0) is 46.0 Å². The van der Waals surface area contributed by atoms with E-state index in [0.29, 0.717) is 0 Å². The number of aliphatic hydroxyl groups excluding tert-OH is 1. The van der Waals surface area contributed by atoms with Gasteiger partial charge in [0.15, 0.2) is 6.29 Å². The number of carbonyl (C=O) groups excluding carboxylic acids is 1. The minimum Gasteiger partial charge on any atom is -0.392 e. The number of benzene rings is 4. The molecule has 218 valence electrons. The van der Waals surface area contributed by atoms with E-state index in [1.54, 1.807) is 11.8 Å². The molecule has 2 N–H and O–H groups in total. The molecule has 1 aliphatic heterocycles. The van der Waals surface area contributed by atoms with Gasteiger partial charge in [-0.2, -0.15) is 0 Å². The zero-order valence-electron chi connectivity index (χ0n) is 22.6. The van der Waals surface area contributed by atoms with E-state index in [0.717, 1.165) is 45.6 Å². The summed E-state index contributed by atoms with van der Waals surface area (Å²) in [6.07, 6.45) is 0.0436. The van der Waals surface area contributed by atoms with Gasteiger partial charge in [-0.1, -0.05) is 120 Å². The maximum atomic E-state index is 11.9. The van der Waals surface area contributed by atoms with Crippen LogP contribution in [0.3, 0.4) is 0 Å². The van der Waals surface area contributed by atoms with Gasteiger partial charge in [0.1, 0.15) is 0 Å². The van der Waals surface area contributed by atoms with Crippen LogP contribution in [0.25, 0.3) is 11.1 Å². The van der Waals surface area contributed by atoms with Crippen LogP contribution in [0.5, 0.6) is 0 Å². The van der Waals surface area contributed by atoms with Crippen molar-refractivity contribution in [1.29, 1.82) is 0 Å². The molecule has 4 aromatic carbocycles. The van der Waals surface area contributed by atoms with Crippen LogP contribution in [0, 0.1) is 0 Å². The van der Waals surface area contributed by atoms with E-state index in [2.05, 4.69) is 17.4 Å². The van der Waals surface area contributed by atoms with Crippen molar-refractivity contribution in [3.05, 3.63) is 125 Å². The predicted molar refractivity (Wildman–Crippen MR) is 170 cm³/mol. The molecule has 1 saturated heterocycles. The Morgan fingerprint density at radius 3 is 2.24 bits per heavy atom. The van der Waals surface area contributed by atoms with Crippen LogP contribution in [0.2, 0.25) is 0 Å². The Morgan fingerprint density at radius 1 is 0.833 bits per heavy atom. The van der Waals surface area contributed by atoms with Crippen LogP contribution in [0.4, 0.5) is 0 Å². The van der Waals surface area contributed by atoms with Gasteiger partial charge in [-0.15, -0.1) is 11.8 Å². The molecule has 1 fully saturated rings. The first-order valence-corrected chi connectivity index (χ1v) is 15.6. The Labute approximate surface area is 265 Å². The Balaban J connectivity index is 1.31. The average molecular weight is 643 g/mol. The lowest BCUT2D eigenvalue weighted by molar-refractivity contribution is -0.245. The highest BCUT2D eigenvalue weighted by Crippen LogP contribution is 2.40. The van der Waals surface area contributed by atoms with Crippen molar-refractivity contribution < 1.29 is 19.4 Å². The van der Waals surface area contributed by atoms with Gasteiger partial charge in [-0.25, -0.2) is 0 Å². The molecule has 3 atom stereocenters. The fourth-order valence-electron chi connectivity index (χ4n) is 4.70. The van der Waals surface area contributed by atoms with Gasteiger partial charge < -0.3 is 19.9 Å². The molecule has 0 radical (unpaired) electrons. The first kappa shape index (κ1) is 30.9. The molecular weight excluding hydrogens is 613 g/mol. The lowest BCUT2D eigenvalue weighted by atomic mass is 9.99. The standard InChI is InChI=1S/C33H30Cl3NO4S/c34-33(35,36)32(39)37-19-23-5-4-6-27(17-23)24-13-15-26(16-14-24)31-40-28(21-42-29-7-2-1-3-8-29)18-30(41-31)25-11-9-22(20-38)10-12-25/h1-17,28,30-31,38H,18-21H2,(H,37,39)/t28-,30+,31+/m1/s1. The van der Waals surface area contributed by atoms with Gasteiger partial charge in [0.2, 0.25) is 0 Å². The SMILES string of the molecule is O=C(NCc1cccc(-c2ccc([C@H]3O[C@@H](CSc4ccccc4)C[C@@H](c4ccc(CO)cc4)O3)cc2)c1)C(Cl)(Cl)Cl. The number of carbonyl (C=O) groups is 1. The molecule has 1 amide bonds. The Bertz CT molecular complexity index is 1460. The smallest absolute Gasteiger partial charge is 0.272 e. The quantitative estimate of drug-likeness (QED) is 0.142. The van der Waals surface area contributed by atoms with Crippen LogP contribution in [0.1, 0.15) is 41.1 Å². The third-order valence-corrected chi connectivity index (χ3v) is 8.61. The van der Waals surface area contributed by atoms with E-state index in [1.165, 1.54) is 4.90 Å². The first-order chi connectivity index (χ1) is 20.3. The zero-order valence-corrected chi connectivity index (χ0v) is 25.7. The lowest BCUT2D eigenvalue weighted by Gasteiger charge is -2.36. The summed E-state index contributed by atoms with van der Waals surface area (Å²) in [5.41, 5.74) is 5.74. The highest BCUT2D eigenvalue weighted by atomic mass is 35.6. The van der Waals surface area contributed by atoms with Gasteiger partial charge in [0, 0.05) is 29.2 Å². The van der Waals surface area contributed by atoms with E-state index < -0.39 is 16.0 Å². The number of halogens is 3. The molecule has 1 aliphatic rings. The van der Waals surface area contributed by atoms with E-state index in [4.69, 9.17) is 44.3 Å². The molecule has 42 heavy (non-hydrogen) atoms.